The maximum atomic E-state index is 11.8. The molecule has 0 aromatic heterocycles. The number of nitrogens with zero attached hydrogens (tertiary/aromatic N) is 1. The molecule has 2 amide bonds. The van der Waals surface area contributed by atoms with E-state index in [-0.39, 0.29) is 17.2 Å². The number of hydrogen-bond donors (Lipinski definition) is 1. The summed E-state index contributed by atoms with van der Waals surface area (Å²) in [5, 5.41) is 3.20. The Hall–Kier alpha value is -0.900. The fourth-order valence-corrected chi connectivity index (χ4v) is 1.95. The van der Waals surface area contributed by atoms with Crippen molar-refractivity contribution in [2.45, 2.75) is 40.0 Å². The van der Waals surface area contributed by atoms with Gasteiger partial charge < -0.3 is 5.32 Å². The molecule has 1 aliphatic rings. The Morgan fingerprint density at radius 2 is 1.75 bits per heavy atom. The van der Waals surface area contributed by atoms with E-state index in [1.54, 1.807) is 0 Å². The molecule has 0 aliphatic carbocycles. The third-order valence-corrected chi connectivity index (χ3v) is 2.80. The summed E-state index contributed by atoms with van der Waals surface area (Å²) in [6.07, 6.45) is 2.02. The number of likely N-dealkylation sites (tertiary alicyclic amines) is 1. The molecule has 4 heteroatoms. The molecule has 1 heterocycles. The SMILES string of the molecule is CCCNCCN1C(=O)CC(C)(C)CC1=O. The van der Waals surface area contributed by atoms with Crippen LogP contribution in [0.15, 0.2) is 0 Å². The molecule has 16 heavy (non-hydrogen) atoms. The summed E-state index contributed by atoms with van der Waals surface area (Å²) in [7, 11) is 0. The number of amides is 2. The first-order valence-corrected chi connectivity index (χ1v) is 6.00. The highest BCUT2D eigenvalue weighted by Crippen LogP contribution is 2.31. The van der Waals surface area contributed by atoms with Crippen LogP contribution in [0.4, 0.5) is 0 Å². The zero-order chi connectivity index (χ0) is 12.2. The summed E-state index contributed by atoms with van der Waals surface area (Å²) in [6, 6.07) is 0. The minimum absolute atomic E-state index is 0.0282. The van der Waals surface area contributed by atoms with Crippen molar-refractivity contribution in [3.63, 3.8) is 0 Å². The molecule has 1 aliphatic heterocycles. The lowest BCUT2D eigenvalue weighted by molar-refractivity contribution is -0.152. The first-order chi connectivity index (χ1) is 7.46. The van der Waals surface area contributed by atoms with E-state index in [4.69, 9.17) is 0 Å². The van der Waals surface area contributed by atoms with Gasteiger partial charge in [0.25, 0.3) is 0 Å². The molecular formula is C12H22N2O2. The van der Waals surface area contributed by atoms with Crippen LogP contribution in [0.25, 0.3) is 0 Å². The van der Waals surface area contributed by atoms with Crippen LogP contribution in [0.1, 0.15) is 40.0 Å². The normalized spacial score (nSPS) is 20.3. The molecule has 0 aromatic rings. The highest BCUT2D eigenvalue weighted by molar-refractivity contribution is 5.98. The van der Waals surface area contributed by atoms with Crippen molar-refractivity contribution in [3.8, 4) is 0 Å². The molecule has 0 unspecified atom stereocenters. The Labute approximate surface area is 97.4 Å². The van der Waals surface area contributed by atoms with Crippen LogP contribution in [0.5, 0.6) is 0 Å². The molecule has 0 saturated carbocycles. The number of rotatable bonds is 5. The molecule has 0 bridgehead atoms. The van der Waals surface area contributed by atoms with Crippen molar-refractivity contribution in [2.24, 2.45) is 5.41 Å². The molecule has 0 radical (unpaired) electrons. The van der Waals surface area contributed by atoms with E-state index >= 15 is 0 Å². The van der Waals surface area contributed by atoms with E-state index in [1.165, 1.54) is 4.90 Å². The predicted octanol–water partition coefficient (Wildman–Crippen LogP) is 1.16. The third kappa shape index (κ3) is 3.59. The molecule has 92 valence electrons. The molecule has 0 atom stereocenters. The number of piperidine rings is 1. The zero-order valence-electron chi connectivity index (χ0n) is 10.5. The first-order valence-electron chi connectivity index (χ1n) is 6.00. The van der Waals surface area contributed by atoms with Gasteiger partial charge >= 0.3 is 0 Å². The highest BCUT2D eigenvalue weighted by Gasteiger charge is 2.36. The fourth-order valence-electron chi connectivity index (χ4n) is 1.95. The van der Waals surface area contributed by atoms with Gasteiger partial charge in [-0.15, -0.1) is 0 Å². The van der Waals surface area contributed by atoms with Crippen LogP contribution in [-0.2, 0) is 9.59 Å². The third-order valence-electron chi connectivity index (χ3n) is 2.80. The summed E-state index contributed by atoms with van der Waals surface area (Å²) in [6.45, 7) is 8.17. The van der Waals surface area contributed by atoms with Crippen LogP contribution in [-0.4, -0.2) is 36.3 Å². The zero-order valence-corrected chi connectivity index (χ0v) is 10.5. The Balaban J connectivity index is 2.42. The van der Waals surface area contributed by atoms with E-state index < -0.39 is 0 Å². The van der Waals surface area contributed by atoms with Crippen LogP contribution in [0.3, 0.4) is 0 Å². The number of nitrogens with one attached hydrogen (secondary N) is 1. The predicted molar refractivity (Wildman–Crippen MR) is 62.9 cm³/mol. The fraction of sp³-hybridized carbons (Fsp3) is 0.833. The molecular weight excluding hydrogens is 204 g/mol. The molecule has 1 saturated heterocycles. The van der Waals surface area contributed by atoms with E-state index in [0.29, 0.717) is 25.9 Å². The maximum absolute atomic E-state index is 11.8. The molecule has 0 aromatic carbocycles. The summed E-state index contributed by atoms with van der Waals surface area (Å²) in [4.78, 5) is 24.9. The Morgan fingerprint density at radius 1 is 1.19 bits per heavy atom. The molecule has 1 fully saturated rings. The van der Waals surface area contributed by atoms with Gasteiger partial charge in [-0.25, -0.2) is 0 Å². The average Bonchev–Trinajstić information content (AvgIpc) is 2.13. The molecule has 1 rings (SSSR count). The smallest absolute Gasteiger partial charge is 0.229 e. The largest absolute Gasteiger partial charge is 0.315 e. The van der Waals surface area contributed by atoms with E-state index in [2.05, 4.69) is 12.2 Å². The van der Waals surface area contributed by atoms with Gasteiger partial charge in [0.2, 0.25) is 11.8 Å². The van der Waals surface area contributed by atoms with E-state index in [0.717, 1.165) is 13.0 Å². The van der Waals surface area contributed by atoms with Crippen molar-refractivity contribution in [2.75, 3.05) is 19.6 Å². The van der Waals surface area contributed by atoms with Crippen molar-refractivity contribution in [1.82, 2.24) is 10.2 Å². The van der Waals surface area contributed by atoms with Crippen LogP contribution < -0.4 is 5.32 Å². The summed E-state index contributed by atoms with van der Waals surface area (Å²) in [5.74, 6) is -0.0564. The number of hydrogen-bond acceptors (Lipinski definition) is 3. The number of carbonyl (C=O) groups is 2. The Kier molecular flexibility index (Phi) is 4.47. The lowest BCUT2D eigenvalue weighted by atomic mass is 9.82. The van der Waals surface area contributed by atoms with Gasteiger partial charge in [0.15, 0.2) is 0 Å². The topological polar surface area (TPSA) is 49.4 Å². The lowest BCUT2D eigenvalue weighted by Gasteiger charge is -2.34. The van der Waals surface area contributed by atoms with Gasteiger partial charge in [-0.1, -0.05) is 20.8 Å². The van der Waals surface area contributed by atoms with Crippen molar-refractivity contribution >= 4 is 11.8 Å². The minimum Gasteiger partial charge on any atom is -0.315 e. The lowest BCUT2D eigenvalue weighted by Crippen LogP contribution is -2.48. The average molecular weight is 226 g/mol. The second-order valence-electron chi connectivity index (χ2n) is 5.21. The van der Waals surface area contributed by atoms with Crippen LogP contribution in [0.2, 0.25) is 0 Å². The van der Waals surface area contributed by atoms with Crippen LogP contribution in [0, 0.1) is 5.41 Å². The number of imide groups is 1. The van der Waals surface area contributed by atoms with E-state index in [1.807, 2.05) is 13.8 Å². The van der Waals surface area contributed by atoms with Gasteiger partial charge in [-0.2, -0.15) is 0 Å². The minimum atomic E-state index is -0.165. The van der Waals surface area contributed by atoms with Crippen molar-refractivity contribution < 1.29 is 9.59 Å². The summed E-state index contributed by atoms with van der Waals surface area (Å²) >= 11 is 0. The molecule has 4 nitrogen and oxygen atoms in total. The highest BCUT2D eigenvalue weighted by atomic mass is 16.2. The van der Waals surface area contributed by atoms with Crippen molar-refractivity contribution in [3.05, 3.63) is 0 Å². The summed E-state index contributed by atoms with van der Waals surface area (Å²) < 4.78 is 0. The van der Waals surface area contributed by atoms with Gasteiger partial charge in [-0.3, -0.25) is 14.5 Å². The first kappa shape index (κ1) is 13.2. The number of carbonyl (C=O) groups excluding carboxylic acids is 2. The Bertz CT molecular complexity index is 254. The summed E-state index contributed by atoms with van der Waals surface area (Å²) in [5.41, 5.74) is -0.165. The molecule has 0 spiro atoms. The van der Waals surface area contributed by atoms with Gasteiger partial charge in [0, 0.05) is 25.9 Å². The van der Waals surface area contributed by atoms with Crippen LogP contribution >= 0.6 is 0 Å². The quantitative estimate of drug-likeness (QED) is 0.565. The second kappa shape index (κ2) is 5.43. The van der Waals surface area contributed by atoms with Gasteiger partial charge in [0.05, 0.1) is 0 Å². The second-order valence-corrected chi connectivity index (χ2v) is 5.21. The maximum Gasteiger partial charge on any atom is 0.229 e. The van der Waals surface area contributed by atoms with Crippen molar-refractivity contribution in [1.29, 1.82) is 0 Å². The van der Waals surface area contributed by atoms with E-state index in [9.17, 15) is 9.59 Å². The standard InChI is InChI=1S/C12H22N2O2/c1-4-5-13-6-7-14-10(15)8-12(2,3)9-11(14)16/h13H,4-9H2,1-3H3. The Morgan fingerprint density at radius 3 is 2.25 bits per heavy atom. The van der Waals surface area contributed by atoms with Gasteiger partial charge in [0.1, 0.15) is 0 Å². The monoisotopic (exact) mass is 226 g/mol. The van der Waals surface area contributed by atoms with Gasteiger partial charge in [-0.05, 0) is 18.4 Å². The molecule has 1 N–H and O–H groups in total.